The normalized spacial score (nSPS) is 18.5. The summed E-state index contributed by atoms with van der Waals surface area (Å²) in [5.74, 6) is 0.145. The van der Waals surface area contributed by atoms with Crippen LogP contribution < -0.4 is 4.90 Å². The number of benzene rings is 1. The van der Waals surface area contributed by atoms with Gasteiger partial charge in [0, 0.05) is 26.8 Å². The molecule has 3 heterocycles. The van der Waals surface area contributed by atoms with Crippen molar-refractivity contribution >= 4 is 34.4 Å². The predicted molar refractivity (Wildman–Crippen MR) is 95.2 cm³/mol. The molecule has 124 valence electrons. The lowest BCUT2D eigenvalue weighted by Gasteiger charge is -2.30. The van der Waals surface area contributed by atoms with Crippen LogP contribution in [0, 0.1) is 0 Å². The first-order valence-corrected chi connectivity index (χ1v) is 8.89. The van der Waals surface area contributed by atoms with Crippen molar-refractivity contribution in [2.75, 3.05) is 11.4 Å². The highest BCUT2D eigenvalue weighted by Gasteiger charge is 2.32. The number of carbonyl (C=O) groups excluding carboxylic acids is 1. The lowest BCUT2D eigenvalue weighted by Crippen LogP contribution is -2.42. The number of hydrogen-bond donors (Lipinski definition) is 0. The highest BCUT2D eigenvalue weighted by Crippen LogP contribution is 2.33. The van der Waals surface area contributed by atoms with Gasteiger partial charge < -0.3 is 9.47 Å². The Balaban J connectivity index is 1.59. The van der Waals surface area contributed by atoms with Crippen LogP contribution in [0.3, 0.4) is 0 Å². The minimum absolute atomic E-state index is 0.102. The van der Waals surface area contributed by atoms with Crippen LogP contribution in [0.15, 0.2) is 41.8 Å². The van der Waals surface area contributed by atoms with Crippen molar-refractivity contribution < 1.29 is 4.79 Å². The van der Waals surface area contributed by atoms with Gasteiger partial charge in [0.05, 0.1) is 28.2 Å². The quantitative estimate of drug-likeness (QED) is 0.735. The Morgan fingerprint density at radius 3 is 2.83 bits per heavy atom. The number of fused-ring (bicyclic) bond motifs is 1. The van der Waals surface area contributed by atoms with E-state index in [4.69, 9.17) is 0 Å². The largest absolute Gasteiger partial charge is 0.322 e. The average Bonchev–Trinajstić information content (AvgIpc) is 3.14. The molecule has 7 heteroatoms. The van der Waals surface area contributed by atoms with E-state index in [-0.39, 0.29) is 11.2 Å². The van der Waals surface area contributed by atoms with Crippen molar-refractivity contribution in [2.45, 2.75) is 23.2 Å². The predicted octanol–water partition coefficient (Wildman–Crippen LogP) is 2.59. The van der Waals surface area contributed by atoms with Crippen molar-refractivity contribution in [3.8, 4) is 0 Å². The molecular formula is C17H19N5OS. The molecule has 4 rings (SSSR count). The van der Waals surface area contributed by atoms with E-state index in [1.807, 2.05) is 43.4 Å². The molecule has 0 saturated carbocycles. The zero-order valence-electron chi connectivity index (χ0n) is 13.7. The number of anilines is 1. The van der Waals surface area contributed by atoms with Crippen molar-refractivity contribution in [1.82, 2.24) is 19.3 Å². The molecule has 1 aliphatic rings. The molecule has 2 aromatic heterocycles. The number of thioether (sulfide) groups is 1. The molecular weight excluding hydrogens is 322 g/mol. The van der Waals surface area contributed by atoms with Gasteiger partial charge in [-0.1, -0.05) is 23.9 Å². The Hall–Kier alpha value is -2.28. The van der Waals surface area contributed by atoms with E-state index in [0.29, 0.717) is 0 Å². The van der Waals surface area contributed by atoms with Gasteiger partial charge in [-0.25, -0.2) is 4.98 Å². The topological polar surface area (TPSA) is 56.0 Å². The Morgan fingerprint density at radius 2 is 2.08 bits per heavy atom. The molecule has 1 aliphatic heterocycles. The van der Waals surface area contributed by atoms with Crippen LogP contribution >= 0.6 is 11.8 Å². The number of carbonyl (C=O) groups is 1. The molecule has 1 aromatic carbocycles. The fourth-order valence-electron chi connectivity index (χ4n) is 3.11. The Morgan fingerprint density at radius 1 is 1.25 bits per heavy atom. The molecule has 1 amide bonds. The summed E-state index contributed by atoms with van der Waals surface area (Å²) in [5.41, 5.74) is 2.93. The van der Waals surface area contributed by atoms with Crippen LogP contribution in [-0.2, 0) is 18.9 Å². The van der Waals surface area contributed by atoms with Gasteiger partial charge in [0.2, 0.25) is 5.91 Å². The second-order valence-electron chi connectivity index (χ2n) is 6.05. The van der Waals surface area contributed by atoms with Crippen molar-refractivity contribution in [3.63, 3.8) is 0 Å². The molecule has 24 heavy (non-hydrogen) atoms. The van der Waals surface area contributed by atoms with Gasteiger partial charge in [0.25, 0.3) is 0 Å². The van der Waals surface area contributed by atoms with Gasteiger partial charge in [-0.05, 0) is 25.0 Å². The maximum atomic E-state index is 12.9. The summed E-state index contributed by atoms with van der Waals surface area (Å²) in [6.07, 6.45) is 5.51. The number of imidazole rings is 1. The second-order valence-corrected chi connectivity index (χ2v) is 7.22. The Bertz CT molecular complexity index is 899. The first-order valence-electron chi connectivity index (χ1n) is 8.01. The monoisotopic (exact) mass is 341 g/mol. The van der Waals surface area contributed by atoms with Gasteiger partial charge in [-0.15, -0.1) is 0 Å². The van der Waals surface area contributed by atoms with E-state index < -0.39 is 0 Å². The van der Waals surface area contributed by atoms with Gasteiger partial charge >= 0.3 is 0 Å². The third kappa shape index (κ3) is 2.58. The van der Waals surface area contributed by atoms with Crippen LogP contribution in [-0.4, -0.2) is 37.0 Å². The molecule has 0 radical (unpaired) electrons. The molecule has 0 unspecified atom stereocenters. The average molecular weight is 341 g/mol. The standard InChI is InChI=1S/C17H19N5OS/c1-20-11-12(10-18-20)22-9-5-8-15(16(22)23)24-17-19-13-6-3-4-7-14(13)21(17)2/h3-4,6-7,10-11,15H,5,8-9H2,1-2H3/t15-/m0/s1. The van der Waals surface area contributed by atoms with Crippen LogP contribution in [0.4, 0.5) is 5.69 Å². The fraction of sp³-hybridized carbons (Fsp3) is 0.353. The summed E-state index contributed by atoms with van der Waals surface area (Å²) in [4.78, 5) is 19.4. The number of piperidine rings is 1. The maximum absolute atomic E-state index is 12.9. The molecule has 0 N–H and O–H groups in total. The van der Waals surface area contributed by atoms with Gasteiger partial charge in [-0.2, -0.15) is 5.10 Å². The van der Waals surface area contributed by atoms with E-state index in [1.54, 1.807) is 22.6 Å². The summed E-state index contributed by atoms with van der Waals surface area (Å²) in [6.45, 7) is 0.754. The summed E-state index contributed by atoms with van der Waals surface area (Å²) >= 11 is 1.56. The highest BCUT2D eigenvalue weighted by molar-refractivity contribution is 8.00. The van der Waals surface area contributed by atoms with Gasteiger partial charge in [-0.3, -0.25) is 9.48 Å². The van der Waals surface area contributed by atoms with Crippen molar-refractivity contribution in [2.24, 2.45) is 14.1 Å². The van der Waals surface area contributed by atoms with Crippen LogP contribution in [0.1, 0.15) is 12.8 Å². The van der Waals surface area contributed by atoms with Crippen molar-refractivity contribution in [3.05, 3.63) is 36.7 Å². The first-order chi connectivity index (χ1) is 11.6. The third-order valence-corrected chi connectivity index (χ3v) is 5.68. The van der Waals surface area contributed by atoms with Gasteiger partial charge in [0.15, 0.2) is 5.16 Å². The van der Waals surface area contributed by atoms with Crippen molar-refractivity contribution in [1.29, 1.82) is 0 Å². The molecule has 1 fully saturated rings. The van der Waals surface area contributed by atoms with E-state index in [1.165, 1.54) is 0 Å². The SMILES string of the molecule is Cn1cc(N2CCC[C@H](Sc3nc4ccccc4n3C)C2=O)cn1. The lowest BCUT2D eigenvalue weighted by molar-refractivity contribution is -0.119. The molecule has 6 nitrogen and oxygen atoms in total. The Labute approximate surface area is 144 Å². The van der Waals surface area contributed by atoms with Crippen LogP contribution in [0.2, 0.25) is 0 Å². The summed E-state index contributed by atoms with van der Waals surface area (Å²) in [6, 6.07) is 8.05. The van der Waals surface area contributed by atoms with E-state index >= 15 is 0 Å². The number of nitrogens with zero attached hydrogens (tertiary/aromatic N) is 5. The van der Waals surface area contributed by atoms with Crippen LogP contribution in [0.25, 0.3) is 11.0 Å². The number of aryl methyl sites for hydroxylation is 2. The number of aromatic nitrogens is 4. The molecule has 3 aromatic rings. The molecule has 1 atom stereocenters. The summed E-state index contributed by atoms with van der Waals surface area (Å²) < 4.78 is 3.79. The fourth-order valence-corrected chi connectivity index (χ4v) is 4.29. The van der Waals surface area contributed by atoms with E-state index in [2.05, 4.69) is 20.7 Å². The number of para-hydroxylation sites is 2. The zero-order valence-corrected chi connectivity index (χ0v) is 14.5. The minimum Gasteiger partial charge on any atom is -0.322 e. The summed E-state index contributed by atoms with van der Waals surface area (Å²) in [5, 5.41) is 4.97. The maximum Gasteiger partial charge on any atom is 0.240 e. The number of hydrogen-bond acceptors (Lipinski definition) is 4. The number of amides is 1. The molecule has 0 aliphatic carbocycles. The second kappa shape index (κ2) is 5.98. The molecule has 1 saturated heterocycles. The van der Waals surface area contributed by atoms with E-state index in [0.717, 1.165) is 41.3 Å². The molecule has 0 bridgehead atoms. The molecule has 0 spiro atoms. The van der Waals surface area contributed by atoms with Crippen LogP contribution in [0.5, 0.6) is 0 Å². The van der Waals surface area contributed by atoms with Gasteiger partial charge in [0.1, 0.15) is 0 Å². The lowest BCUT2D eigenvalue weighted by atomic mass is 10.1. The van der Waals surface area contributed by atoms with E-state index in [9.17, 15) is 4.79 Å². The zero-order chi connectivity index (χ0) is 16.7. The number of rotatable bonds is 3. The smallest absolute Gasteiger partial charge is 0.240 e. The summed E-state index contributed by atoms with van der Waals surface area (Å²) in [7, 11) is 3.87. The highest BCUT2D eigenvalue weighted by atomic mass is 32.2. The third-order valence-electron chi connectivity index (χ3n) is 4.39. The Kier molecular flexibility index (Phi) is 3.80. The first kappa shape index (κ1) is 15.3. The minimum atomic E-state index is -0.102.